The molecule has 1 heterocycles. The molecule has 2 fully saturated rings. The molecule has 4 nitrogen and oxygen atoms in total. The number of likely N-dealkylation sites (tertiary alicyclic amines) is 1. The third kappa shape index (κ3) is 2.94. The fourth-order valence-corrected chi connectivity index (χ4v) is 4.27. The molecular formula is C17H19Cl2NO3. The summed E-state index contributed by atoms with van der Waals surface area (Å²) in [4.78, 5) is 25.3. The zero-order valence-corrected chi connectivity index (χ0v) is 14.2. The summed E-state index contributed by atoms with van der Waals surface area (Å²) in [6.07, 6.45) is 1.43. The average Bonchev–Trinajstić information content (AvgIpc) is 3.01. The van der Waals surface area contributed by atoms with Crippen molar-refractivity contribution in [1.29, 1.82) is 0 Å². The third-order valence-electron chi connectivity index (χ3n) is 4.73. The lowest BCUT2D eigenvalue weighted by atomic mass is 9.66. The topological polar surface area (TPSA) is 46.6 Å². The quantitative estimate of drug-likeness (QED) is 0.758. The Labute approximate surface area is 145 Å². The second-order valence-corrected chi connectivity index (χ2v) is 7.15. The van der Waals surface area contributed by atoms with Gasteiger partial charge >= 0.3 is 6.09 Å². The number of ketones is 1. The van der Waals surface area contributed by atoms with Crippen LogP contribution in [-0.4, -0.2) is 40.1 Å². The third-order valence-corrected chi connectivity index (χ3v) is 5.59. The van der Waals surface area contributed by atoms with Crippen LogP contribution in [0.4, 0.5) is 4.79 Å². The van der Waals surface area contributed by atoms with Crippen molar-refractivity contribution >= 4 is 35.1 Å². The lowest BCUT2D eigenvalue weighted by Crippen LogP contribution is -2.67. The molecule has 0 N–H and O–H groups in total. The molecule has 0 aromatic heterocycles. The second-order valence-electron chi connectivity index (χ2n) is 6.09. The molecule has 1 amide bonds. The van der Waals surface area contributed by atoms with Gasteiger partial charge in [-0.3, -0.25) is 4.79 Å². The van der Waals surface area contributed by atoms with Crippen LogP contribution in [0.5, 0.6) is 0 Å². The predicted octanol–water partition coefficient (Wildman–Crippen LogP) is 3.59. The molecule has 1 saturated carbocycles. The molecule has 2 aliphatic rings. The van der Waals surface area contributed by atoms with Crippen LogP contribution in [0.1, 0.15) is 24.8 Å². The molecule has 124 valence electrons. The van der Waals surface area contributed by atoms with E-state index >= 15 is 0 Å². The number of carbonyl (C=O) groups is 2. The van der Waals surface area contributed by atoms with Gasteiger partial charge in [-0.15, -0.1) is 23.2 Å². The zero-order chi connectivity index (χ0) is 16.4. The van der Waals surface area contributed by atoms with Gasteiger partial charge in [-0.2, -0.15) is 0 Å². The number of alkyl halides is 2. The second kappa shape index (κ2) is 6.70. The highest BCUT2D eigenvalue weighted by molar-refractivity contribution is 6.39. The number of rotatable bonds is 5. The Morgan fingerprint density at radius 2 is 2.09 bits per heavy atom. The number of benzene rings is 1. The van der Waals surface area contributed by atoms with Crippen molar-refractivity contribution in [3.8, 4) is 0 Å². The first-order valence-corrected chi connectivity index (χ1v) is 8.75. The SMILES string of the molecule is O=C(OCc1ccccc1)N1CC[C@H]2C(=O)[C@@](Cl)(CCCCl)[C@H]21. The van der Waals surface area contributed by atoms with Gasteiger partial charge in [0.05, 0.1) is 6.04 Å². The number of ether oxygens (including phenoxy) is 1. The Bertz CT molecular complexity index is 595. The van der Waals surface area contributed by atoms with Crippen LogP contribution >= 0.6 is 23.2 Å². The number of nitrogens with zero attached hydrogens (tertiary/aromatic N) is 1. The van der Waals surface area contributed by atoms with Crippen LogP contribution in [-0.2, 0) is 16.1 Å². The van der Waals surface area contributed by atoms with Crippen molar-refractivity contribution in [2.45, 2.75) is 36.8 Å². The first-order valence-electron chi connectivity index (χ1n) is 7.84. The minimum Gasteiger partial charge on any atom is -0.445 e. The standard InChI is InChI=1S/C17H19Cl2NO3/c18-9-4-8-17(19)14-13(15(17)21)7-10-20(14)16(22)23-11-12-5-2-1-3-6-12/h1-3,5-6,13-14H,4,7-11H2/t13-,14+,17-/m1/s1. The molecule has 3 rings (SSSR count). The van der Waals surface area contributed by atoms with Crippen LogP contribution in [0, 0.1) is 5.92 Å². The van der Waals surface area contributed by atoms with E-state index in [1.165, 1.54) is 0 Å². The van der Waals surface area contributed by atoms with Crippen molar-refractivity contribution in [1.82, 2.24) is 4.90 Å². The summed E-state index contributed by atoms with van der Waals surface area (Å²) in [6.45, 7) is 0.739. The van der Waals surface area contributed by atoms with Gasteiger partial charge < -0.3 is 9.64 Å². The molecular weight excluding hydrogens is 337 g/mol. The molecule has 0 bridgehead atoms. The van der Waals surface area contributed by atoms with Crippen molar-refractivity contribution in [3.05, 3.63) is 35.9 Å². The molecule has 3 atom stereocenters. The highest BCUT2D eigenvalue weighted by atomic mass is 35.5. The van der Waals surface area contributed by atoms with Crippen LogP contribution in [0.25, 0.3) is 0 Å². The Morgan fingerprint density at radius 3 is 2.78 bits per heavy atom. The minimum atomic E-state index is -0.984. The van der Waals surface area contributed by atoms with Gasteiger partial charge in [0.25, 0.3) is 0 Å². The number of Topliss-reactive ketones (excluding diaryl/α,β-unsaturated/α-hetero) is 1. The average molecular weight is 356 g/mol. The summed E-state index contributed by atoms with van der Waals surface area (Å²) >= 11 is 12.3. The highest BCUT2D eigenvalue weighted by Crippen LogP contribution is 2.51. The number of halogens is 2. The van der Waals surface area contributed by atoms with Gasteiger partial charge in [0.15, 0.2) is 5.78 Å². The van der Waals surface area contributed by atoms with E-state index in [0.29, 0.717) is 31.7 Å². The van der Waals surface area contributed by atoms with Gasteiger partial charge in [-0.05, 0) is 24.8 Å². The van der Waals surface area contributed by atoms with Crippen molar-refractivity contribution in [2.24, 2.45) is 5.92 Å². The van der Waals surface area contributed by atoms with E-state index in [1.54, 1.807) is 4.90 Å². The molecule has 1 aliphatic heterocycles. The van der Waals surface area contributed by atoms with Gasteiger partial charge in [0, 0.05) is 18.3 Å². The number of carbonyl (C=O) groups excluding carboxylic acids is 2. The predicted molar refractivity (Wildman–Crippen MR) is 88.8 cm³/mol. The van der Waals surface area contributed by atoms with E-state index in [-0.39, 0.29) is 24.3 Å². The Balaban J connectivity index is 1.63. The maximum absolute atomic E-state index is 12.4. The van der Waals surface area contributed by atoms with E-state index in [0.717, 1.165) is 5.56 Å². The molecule has 0 spiro atoms. The molecule has 1 aliphatic carbocycles. The van der Waals surface area contributed by atoms with Crippen LogP contribution < -0.4 is 0 Å². The zero-order valence-electron chi connectivity index (χ0n) is 12.7. The first kappa shape index (κ1) is 16.6. The van der Waals surface area contributed by atoms with Gasteiger partial charge in [0.1, 0.15) is 11.5 Å². The molecule has 6 heteroatoms. The van der Waals surface area contributed by atoms with Crippen LogP contribution in [0.15, 0.2) is 30.3 Å². The largest absolute Gasteiger partial charge is 0.445 e. The van der Waals surface area contributed by atoms with E-state index in [4.69, 9.17) is 27.9 Å². The fourth-order valence-electron chi connectivity index (χ4n) is 3.59. The van der Waals surface area contributed by atoms with E-state index in [9.17, 15) is 9.59 Å². The minimum absolute atomic E-state index is 0.0487. The lowest BCUT2D eigenvalue weighted by molar-refractivity contribution is -0.137. The highest BCUT2D eigenvalue weighted by Gasteiger charge is 2.66. The first-order chi connectivity index (χ1) is 11.1. The fraction of sp³-hybridized carbons (Fsp3) is 0.529. The summed E-state index contributed by atoms with van der Waals surface area (Å²) in [5, 5.41) is 0. The molecule has 1 saturated heterocycles. The van der Waals surface area contributed by atoms with Gasteiger partial charge in [0.2, 0.25) is 0 Å². The van der Waals surface area contributed by atoms with E-state index in [2.05, 4.69) is 0 Å². The Morgan fingerprint density at radius 1 is 1.35 bits per heavy atom. The molecule has 23 heavy (non-hydrogen) atoms. The van der Waals surface area contributed by atoms with Crippen molar-refractivity contribution in [2.75, 3.05) is 12.4 Å². The molecule has 1 aromatic rings. The van der Waals surface area contributed by atoms with Crippen molar-refractivity contribution < 1.29 is 14.3 Å². The van der Waals surface area contributed by atoms with Gasteiger partial charge in [-0.1, -0.05) is 30.3 Å². The van der Waals surface area contributed by atoms with Gasteiger partial charge in [-0.25, -0.2) is 4.79 Å². The normalized spacial score (nSPS) is 29.1. The van der Waals surface area contributed by atoms with Crippen LogP contribution in [0.3, 0.4) is 0 Å². The maximum Gasteiger partial charge on any atom is 0.410 e. The summed E-state index contributed by atoms with van der Waals surface area (Å²) in [5.74, 6) is 0.358. The Kier molecular flexibility index (Phi) is 4.83. The lowest BCUT2D eigenvalue weighted by Gasteiger charge is -2.48. The Hall–Kier alpha value is -1.26. The van der Waals surface area contributed by atoms with Crippen molar-refractivity contribution in [3.63, 3.8) is 0 Å². The molecule has 1 aromatic carbocycles. The maximum atomic E-state index is 12.4. The number of amides is 1. The van der Waals surface area contributed by atoms with E-state index in [1.807, 2.05) is 30.3 Å². The summed E-state index contributed by atoms with van der Waals surface area (Å²) < 4.78 is 5.39. The summed E-state index contributed by atoms with van der Waals surface area (Å²) in [7, 11) is 0. The monoisotopic (exact) mass is 355 g/mol. The summed E-state index contributed by atoms with van der Waals surface area (Å²) in [5.41, 5.74) is 0.931. The molecule has 0 unspecified atom stereocenters. The van der Waals surface area contributed by atoms with Crippen LogP contribution in [0.2, 0.25) is 0 Å². The smallest absolute Gasteiger partial charge is 0.410 e. The summed E-state index contributed by atoms with van der Waals surface area (Å²) in [6, 6.07) is 9.25. The number of hydrogen-bond acceptors (Lipinski definition) is 3. The number of fused-ring (bicyclic) bond motifs is 1. The number of hydrogen-bond donors (Lipinski definition) is 0. The molecule has 0 radical (unpaired) electrons. The van der Waals surface area contributed by atoms with E-state index < -0.39 is 11.0 Å².